The van der Waals surface area contributed by atoms with Gasteiger partial charge in [-0.1, -0.05) is 0 Å². The molecule has 1 aromatic heterocycles. The molecule has 1 aromatic rings. The number of aromatic carboxylic acids is 1. The van der Waals surface area contributed by atoms with Gasteiger partial charge in [-0.3, -0.25) is 0 Å². The minimum Gasteiger partial charge on any atom is -0.478 e. The summed E-state index contributed by atoms with van der Waals surface area (Å²) in [4.78, 5) is 18.4. The Kier molecular flexibility index (Phi) is 2.46. The molecule has 0 aliphatic heterocycles. The first-order valence-corrected chi connectivity index (χ1v) is 3.68. The maximum Gasteiger partial charge on any atom is 0.339 e. The van der Waals surface area contributed by atoms with Crippen LogP contribution < -0.4 is 4.74 Å². The van der Waals surface area contributed by atoms with Crippen LogP contribution in [0.3, 0.4) is 0 Å². The molecule has 0 fully saturated rings. The van der Waals surface area contributed by atoms with Gasteiger partial charge in [-0.15, -0.1) is 0 Å². The molecule has 0 radical (unpaired) electrons. The van der Waals surface area contributed by atoms with E-state index in [0.29, 0.717) is 11.4 Å². The fourth-order valence-electron chi connectivity index (χ4n) is 1.09. The van der Waals surface area contributed by atoms with Crippen LogP contribution in [0.15, 0.2) is 0 Å². The topological polar surface area (TPSA) is 72.3 Å². The summed E-state index contributed by atoms with van der Waals surface area (Å²) in [6.07, 6.45) is 0. The minimum absolute atomic E-state index is 0.140. The van der Waals surface area contributed by atoms with Crippen LogP contribution in [0.4, 0.5) is 0 Å². The number of nitrogens with zero attached hydrogens (tertiary/aromatic N) is 2. The van der Waals surface area contributed by atoms with Crippen molar-refractivity contribution in [2.75, 3.05) is 7.11 Å². The van der Waals surface area contributed by atoms with E-state index in [0.717, 1.165) is 0 Å². The lowest BCUT2D eigenvalue weighted by Crippen LogP contribution is -2.08. The van der Waals surface area contributed by atoms with Crippen LogP contribution in [0.5, 0.6) is 6.01 Å². The molecule has 0 saturated heterocycles. The highest BCUT2D eigenvalue weighted by atomic mass is 16.5. The van der Waals surface area contributed by atoms with Gasteiger partial charge in [-0.05, 0) is 13.8 Å². The Morgan fingerprint density at radius 1 is 1.31 bits per heavy atom. The molecule has 1 rings (SSSR count). The molecule has 1 N–H and O–H groups in total. The summed E-state index contributed by atoms with van der Waals surface area (Å²) >= 11 is 0. The van der Waals surface area contributed by atoms with Gasteiger partial charge in [-0.2, -0.15) is 9.97 Å². The van der Waals surface area contributed by atoms with Crippen LogP contribution in [0, 0.1) is 13.8 Å². The third kappa shape index (κ3) is 1.74. The first-order valence-electron chi connectivity index (χ1n) is 3.68. The van der Waals surface area contributed by atoms with E-state index < -0.39 is 5.97 Å². The number of hydrogen-bond acceptors (Lipinski definition) is 4. The molecule has 0 saturated carbocycles. The number of carboxylic acid groups (broad SMARTS) is 1. The Morgan fingerprint density at radius 3 is 2.08 bits per heavy atom. The van der Waals surface area contributed by atoms with Crippen LogP contribution in [0.25, 0.3) is 0 Å². The molecule has 0 aliphatic carbocycles. The molecule has 1 heterocycles. The lowest BCUT2D eigenvalue weighted by Gasteiger charge is -2.05. The zero-order chi connectivity index (χ0) is 10.0. The molecule has 0 bridgehead atoms. The molecule has 5 heteroatoms. The van der Waals surface area contributed by atoms with Crippen LogP contribution in [-0.4, -0.2) is 28.2 Å². The van der Waals surface area contributed by atoms with Crippen molar-refractivity contribution in [3.63, 3.8) is 0 Å². The summed E-state index contributed by atoms with van der Waals surface area (Å²) < 4.78 is 4.80. The average Bonchev–Trinajstić information content (AvgIpc) is 2.02. The molecular weight excluding hydrogens is 172 g/mol. The van der Waals surface area contributed by atoms with Gasteiger partial charge in [0, 0.05) is 0 Å². The summed E-state index contributed by atoms with van der Waals surface area (Å²) in [7, 11) is 1.44. The maximum absolute atomic E-state index is 10.7. The zero-order valence-electron chi connectivity index (χ0n) is 7.66. The Hall–Kier alpha value is -1.65. The molecule has 13 heavy (non-hydrogen) atoms. The van der Waals surface area contributed by atoms with E-state index in [1.807, 2.05) is 0 Å². The quantitative estimate of drug-likeness (QED) is 0.732. The molecule has 0 spiro atoms. The molecule has 5 nitrogen and oxygen atoms in total. The van der Waals surface area contributed by atoms with Crippen molar-refractivity contribution in [2.45, 2.75) is 13.8 Å². The van der Waals surface area contributed by atoms with Crippen molar-refractivity contribution < 1.29 is 14.6 Å². The molecule has 0 aromatic carbocycles. The SMILES string of the molecule is COc1nc(C)c(C(=O)O)c(C)n1. The van der Waals surface area contributed by atoms with Crippen molar-refractivity contribution in [1.82, 2.24) is 9.97 Å². The smallest absolute Gasteiger partial charge is 0.339 e. The molecule has 0 aliphatic rings. The lowest BCUT2D eigenvalue weighted by molar-refractivity contribution is 0.0694. The fraction of sp³-hybridized carbons (Fsp3) is 0.375. The standard InChI is InChI=1S/C8H10N2O3/c1-4-6(7(11)12)5(2)10-8(9-4)13-3/h1-3H3,(H,11,12). The van der Waals surface area contributed by atoms with E-state index in [1.165, 1.54) is 7.11 Å². The number of carbonyl (C=O) groups is 1. The number of rotatable bonds is 2. The monoisotopic (exact) mass is 182 g/mol. The van der Waals surface area contributed by atoms with E-state index in [9.17, 15) is 4.79 Å². The summed E-state index contributed by atoms with van der Waals surface area (Å²) in [5.41, 5.74) is 0.967. The highest BCUT2D eigenvalue weighted by molar-refractivity contribution is 5.89. The number of methoxy groups -OCH3 is 1. The van der Waals surface area contributed by atoms with Gasteiger partial charge in [0.05, 0.1) is 18.5 Å². The Bertz CT molecular complexity index is 326. The van der Waals surface area contributed by atoms with Gasteiger partial charge in [0.15, 0.2) is 0 Å². The van der Waals surface area contributed by atoms with Crippen LogP contribution in [0.1, 0.15) is 21.7 Å². The predicted molar refractivity (Wildman–Crippen MR) is 45.0 cm³/mol. The third-order valence-corrected chi connectivity index (χ3v) is 1.65. The number of carboxylic acids is 1. The molecule has 0 unspecified atom stereocenters. The van der Waals surface area contributed by atoms with Crippen molar-refractivity contribution in [3.05, 3.63) is 17.0 Å². The summed E-state index contributed by atoms with van der Waals surface area (Å²) in [5, 5.41) is 8.79. The number of aromatic nitrogens is 2. The first kappa shape index (κ1) is 9.44. The normalized spacial score (nSPS) is 9.77. The summed E-state index contributed by atoms with van der Waals surface area (Å²) in [6.45, 7) is 3.22. The van der Waals surface area contributed by atoms with Crippen molar-refractivity contribution in [3.8, 4) is 6.01 Å². The van der Waals surface area contributed by atoms with Gasteiger partial charge < -0.3 is 9.84 Å². The molecular formula is C8H10N2O3. The fourth-order valence-corrected chi connectivity index (χ4v) is 1.09. The van der Waals surface area contributed by atoms with Gasteiger partial charge in [0.25, 0.3) is 0 Å². The minimum atomic E-state index is -1.02. The average molecular weight is 182 g/mol. The van der Waals surface area contributed by atoms with Crippen molar-refractivity contribution >= 4 is 5.97 Å². The highest BCUT2D eigenvalue weighted by Crippen LogP contribution is 2.13. The second-order valence-electron chi connectivity index (χ2n) is 2.56. The van der Waals surface area contributed by atoms with Crippen molar-refractivity contribution in [1.29, 1.82) is 0 Å². The number of ether oxygens (including phenoxy) is 1. The Morgan fingerprint density at radius 2 is 1.77 bits per heavy atom. The third-order valence-electron chi connectivity index (χ3n) is 1.65. The van der Waals surface area contributed by atoms with Crippen LogP contribution in [-0.2, 0) is 0 Å². The molecule has 70 valence electrons. The van der Waals surface area contributed by atoms with Gasteiger partial charge >= 0.3 is 12.0 Å². The summed E-state index contributed by atoms with van der Waals surface area (Å²) in [5.74, 6) is -1.02. The van der Waals surface area contributed by atoms with Gasteiger partial charge in [0.2, 0.25) is 0 Å². The Balaban J connectivity index is 3.31. The molecule has 0 amide bonds. The summed E-state index contributed by atoms with van der Waals surface area (Å²) in [6, 6.07) is 0.194. The van der Waals surface area contributed by atoms with Crippen LogP contribution >= 0.6 is 0 Å². The van der Waals surface area contributed by atoms with E-state index in [1.54, 1.807) is 13.8 Å². The van der Waals surface area contributed by atoms with Crippen molar-refractivity contribution in [2.24, 2.45) is 0 Å². The maximum atomic E-state index is 10.7. The van der Waals surface area contributed by atoms with E-state index >= 15 is 0 Å². The number of aryl methyl sites for hydroxylation is 2. The predicted octanol–water partition coefficient (Wildman–Crippen LogP) is 0.800. The van der Waals surface area contributed by atoms with E-state index in [4.69, 9.17) is 9.84 Å². The highest BCUT2D eigenvalue weighted by Gasteiger charge is 2.14. The number of hydrogen-bond donors (Lipinski definition) is 1. The van der Waals surface area contributed by atoms with Gasteiger partial charge in [-0.25, -0.2) is 4.79 Å². The molecule has 0 atom stereocenters. The largest absolute Gasteiger partial charge is 0.478 e. The van der Waals surface area contributed by atoms with Crippen LogP contribution in [0.2, 0.25) is 0 Å². The van der Waals surface area contributed by atoms with E-state index in [-0.39, 0.29) is 11.6 Å². The van der Waals surface area contributed by atoms with E-state index in [2.05, 4.69) is 9.97 Å². The second-order valence-corrected chi connectivity index (χ2v) is 2.56. The Labute approximate surface area is 75.4 Å². The lowest BCUT2D eigenvalue weighted by atomic mass is 10.2. The zero-order valence-corrected chi connectivity index (χ0v) is 7.66. The first-order chi connectivity index (χ1) is 6.06. The van der Waals surface area contributed by atoms with Gasteiger partial charge in [0.1, 0.15) is 5.56 Å². The second kappa shape index (κ2) is 3.38.